The monoisotopic (exact) mass is 390 g/mol. The second-order valence-corrected chi connectivity index (χ2v) is 6.82. The number of aromatic nitrogens is 2. The first-order valence-electron chi connectivity index (χ1n) is 9.09. The average Bonchev–Trinajstić information content (AvgIpc) is 3.28. The van der Waals surface area contributed by atoms with Gasteiger partial charge in [-0.2, -0.15) is 4.98 Å². The lowest BCUT2D eigenvalue weighted by atomic mass is 10.1. The van der Waals surface area contributed by atoms with Crippen LogP contribution in [0.1, 0.15) is 30.0 Å². The van der Waals surface area contributed by atoms with E-state index < -0.39 is 23.9 Å². The van der Waals surface area contributed by atoms with Gasteiger partial charge in [-0.05, 0) is 25.5 Å². The summed E-state index contributed by atoms with van der Waals surface area (Å²) in [4.78, 5) is 43.7. The molecule has 0 N–H and O–H groups in total. The van der Waals surface area contributed by atoms with Crippen molar-refractivity contribution in [1.29, 1.82) is 0 Å². The Balaban J connectivity index is 1.55. The SMILES string of the molecule is Cc1cccc(-c2noc(CN3C(=O)C(=O)N(C(C)c4ccccc4)C3=O)n2)c1. The lowest BCUT2D eigenvalue weighted by Crippen LogP contribution is -2.35. The van der Waals surface area contributed by atoms with Gasteiger partial charge in [0.1, 0.15) is 6.54 Å². The quantitative estimate of drug-likeness (QED) is 0.491. The Labute approximate surface area is 166 Å². The van der Waals surface area contributed by atoms with E-state index in [0.29, 0.717) is 5.82 Å². The topological polar surface area (TPSA) is 96.6 Å². The molecule has 0 saturated carbocycles. The summed E-state index contributed by atoms with van der Waals surface area (Å²) in [7, 11) is 0. The maximum atomic E-state index is 12.8. The van der Waals surface area contributed by atoms with Crippen molar-refractivity contribution in [3.63, 3.8) is 0 Å². The molecule has 3 aromatic rings. The van der Waals surface area contributed by atoms with Gasteiger partial charge in [0, 0.05) is 5.56 Å². The first-order chi connectivity index (χ1) is 14.0. The van der Waals surface area contributed by atoms with Crippen LogP contribution in [0.4, 0.5) is 4.79 Å². The number of imide groups is 2. The van der Waals surface area contributed by atoms with Crippen LogP contribution in [0, 0.1) is 6.92 Å². The molecule has 4 rings (SSSR count). The number of nitrogens with zero attached hydrogens (tertiary/aromatic N) is 4. The molecule has 1 saturated heterocycles. The molecule has 0 aliphatic carbocycles. The van der Waals surface area contributed by atoms with Crippen LogP contribution < -0.4 is 0 Å². The number of carbonyl (C=O) groups is 3. The van der Waals surface area contributed by atoms with Crippen LogP contribution in [0.2, 0.25) is 0 Å². The van der Waals surface area contributed by atoms with Crippen LogP contribution in [0.25, 0.3) is 11.4 Å². The van der Waals surface area contributed by atoms with Gasteiger partial charge in [0.2, 0.25) is 11.7 Å². The molecule has 4 amide bonds. The Morgan fingerprint density at radius 1 is 1.00 bits per heavy atom. The van der Waals surface area contributed by atoms with Crippen LogP contribution in [0.15, 0.2) is 59.1 Å². The molecular weight excluding hydrogens is 372 g/mol. The van der Waals surface area contributed by atoms with Crippen LogP contribution in [0.3, 0.4) is 0 Å². The summed E-state index contributed by atoms with van der Waals surface area (Å²) >= 11 is 0. The highest BCUT2D eigenvalue weighted by Crippen LogP contribution is 2.27. The number of carbonyl (C=O) groups excluding carboxylic acids is 3. The van der Waals surface area contributed by atoms with Crippen molar-refractivity contribution in [3.8, 4) is 11.4 Å². The van der Waals surface area contributed by atoms with E-state index in [1.807, 2.05) is 49.4 Å². The van der Waals surface area contributed by atoms with Crippen LogP contribution in [-0.2, 0) is 16.1 Å². The fraction of sp³-hybridized carbons (Fsp3) is 0.190. The highest BCUT2D eigenvalue weighted by molar-refractivity contribution is 6.44. The van der Waals surface area contributed by atoms with Crippen molar-refractivity contribution >= 4 is 17.8 Å². The first-order valence-corrected chi connectivity index (χ1v) is 9.09. The molecule has 0 spiro atoms. The summed E-state index contributed by atoms with van der Waals surface area (Å²) in [6.45, 7) is 3.38. The van der Waals surface area contributed by atoms with E-state index in [9.17, 15) is 14.4 Å². The van der Waals surface area contributed by atoms with Crippen molar-refractivity contribution in [1.82, 2.24) is 19.9 Å². The van der Waals surface area contributed by atoms with Crippen LogP contribution in [0.5, 0.6) is 0 Å². The zero-order chi connectivity index (χ0) is 20.5. The summed E-state index contributed by atoms with van der Waals surface area (Å²) < 4.78 is 5.20. The highest BCUT2D eigenvalue weighted by Gasteiger charge is 2.47. The number of rotatable bonds is 5. The van der Waals surface area contributed by atoms with Gasteiger partial charge < -0.3 is 4.52 Å². The minimum Gasteiger partial charge on any atom is -0.337 e. The normalized spacial score (nSPS) is 15.3. The minimum atomic E-state index is -0.909. The molecular formula is C21H18N4O4. The van der Waals surface area contributed by atoms with Crippen molar-refractivity contribution in [2.24, 2.45) is 0 Å². The van der Waals surface area contributed by atoms with Crippen molar-refractivity contribution < 1.29 is 18.9 Å². The fourth-order valence-electron chi connectivity index (χ4n) is 3.24. The standard InChI is InChI=1S/C21H18N4O4/c1-13-7-6-10-16(11-13)18-22-17(29-23-18)12-24-19(26)20(27)25(21(24)28)14(2)15-8-4-3-5-9-15/h3-11,14H,12H2,1-2H3. The second-order valence-electron chi connectivity index (χ2n) is 6.82. The van der Waals surface area contributed by atoms with Crippen molar-refractivity contribution in [2.45, 2.75) is 26.4 Å². The molecule has 0 radical (unpaired) electrons. The molecule has 1 fully saturated rings. The Hall–Kier alpha value is -3.81. The molecule has 1 aliphatic heterocycles. The molecule has 1 aromatic heterocycles. The summed E-state index contributed by atoms with van der Waals surface area (Å²) in [5.41, 5.74) is 2.55. The summed E-state index contributed by atoms with van der Waals surface area (Å²) in [5, 5.41) is 3.91. The third kappa shape index (κ3) is 3.40. The summed E-state index contributed by atoms with van der Waals surface area (Å²) in [5.74, 6) is -1.35. The van der Waals surface area contributed by atoms with Gasteiger partial charge in [0.15, 0.2) is 0 Å². The molecule has 2 aromatic carbocycles. The minimum absolute atomic E-state index is 0.0743. The zero-order valence-electron chi connectivity index (χ0n) is 15.9. The molecule has 0 bridgehead atoms. The highest BCUT2D eigenvalue weighted by atomic mass is 16.5. The Morgan fingerprint density at radius 2 is 1.76 bits per heavy atom. The van der Waals surface area contributed by atoms with Crippen LogP contribution in [-0.4, -0.2) is 37.8 Å². The molecule has 8 nitrogen and oxygen atoms in total. The van der Waals surface area contributed by atoms with Crippen molar-refractivity contribution in [2.75, 3.05) is 0 Å². The number of aryl methyl sites for hydroxylation is 1. The summed E-state index contributed by atoms with van der Waals surface area (Å²) in [6.07, 6.45) is 0. The number of urea groups is 1. The van der Waals surface area contributed by atoms with Gasteiger partial charge >= 0.3 is 17.8 Å². The van der Waals surface area contributed by atoms with Gasteiger partial charge in [0.25, 0.3) is 0 Å². The maximum Gasteiger partial charge on any atom is 0.335 e. The smallest absolute Gasteiger partial charge is 0.335 e. The Bertz CT molecular complexity index is 1090. The van der Waals surface area contributed by atoms with E-state index in [4.69, 9.17) is 4.52 Å². The Morgan fingerprint density at radius 3 is 2.48 bits per heavy atom. The summed E-state index contributed by atoms with van der Waals surface area (Å²) in [6, 6.07) is 15.3. The van der Waals surface area contributed by atoms with Crippen molar-refractivity contribution in [3.05, 3.63) is 71.6 Å². The van der Waals surface area contributed by atoms with Gasteiger partial charge in [-0.25, -0.2) is 14.6 Å². The number of benzene rings is 2. The van der Waals surface area contributed by atoms with Gasteiger partial charge in [0.05, 0.1) is 6.04 Å². The predicted molar refractivity (Wildman–Crippen MR) is 102 cm³/mol. The van der Waals surface area contributed by atoms with E-state index in [-0.39, 0.29) is 12.4 Å². The largest absolute Gasteiger partial charge is 0.337 e. The third-order valence-electron chi connectivity index (χ3n) is 4.79. The molecule has 29 heavy (non-hydrogen) atoms. The molecule has 1 atom stereocenters. The zero-order valence-corrected chi connectivity index (χ0v) is 15.9. The average molecular weight is 390 g/mol. The lowest BCUT2D eigenvalue weighted by molar-refractivity contribution is -0.144. The lowest BCUT2D eigenvalue weighted by Gasteiger charge is -2.21. The molecule has 2 heterocycles. The number of amides is 4. The Kier molecular flexibility index (Phi) is 4.67. The van der Waals surface area contributed by atoms with E-state index in [0.717, 1.165) is 26.5 Å². The maximum absolute atomic E-state index is 12.8. The number of hydrogen-bond donors (Lipinski definition) is 0. The molecule has 1 unspecified atom stereocenters. The second kappa shape index (κ2) is 7.31. The predicted octanol–water partition coefficient (Wildman–Crippen LogP) is 3.10. The van der Waals surface area contributed by atoms with Gasteiger partial charge in [-0.15, -0.1) is 0 Å². The first kappa shape index (κ1) is 18.5. The molecule has 1 aliphatic rings. The van der Waals surface area contributed by atoms with Gasteiger partial charge in [-0.1, -0.05) is 59.3 Å². The van der Waals surface area contributed by atoms with Crippen LogP contribution >= 0.6 is 0 Å². The van der Waals surface area contributed by atoms with E-state index in [1.165, 1.54) is 0 Å². The van der Waals surface area contributed by atoms with E-state index >= 15 is 0 Å². The molecule has 8 heteroatoms. The third-order valence-corrected chi connectivity index (χ3v) is 4.79. The van der Waals surface area contributed by atoms with Gasteiger partial charge in [-0.3, -0.25) is 9.59 Å². The fourth-order valence-corrected chi connectivity index (χ4v) is 3.24. The van der Waals surface area contributed by atoms with E-state index in [2.05, 4.69) is 10.1 Å². The number of hydrogen-bond acceptors (Lipinski definition) is 6. The molecule has 146 valence electrons. The van der Waals surface area contributed by atoms with E-state index in [1.54, 1.807) is 19.1 Å².